The third kappa shape index (κ3) is 3.61. The van der Waals surface area contributed by atoms with Crippen molar-refractivity contribution < 1.29 is 4.79 Å². The van der Waals surface area contributed by atoms with Gasteiger partial charge in [0.15, 0.2) is 0 Å². The lowest BCUT2D eigenvalue weighted by molar-refractivity contribution is 0.102. The molecule has 5 heteroatoms. The highest BCUT2D eigenvalue weighted by molar-refractivity contribution is 8.00. The highest BCUT2D eigenvalue weighted by Gasteiger charge is 2.20. The van der Waals surface area contributed by atoms with Crippen molar-refractivity contribution in [3.63, 3.8) is 0 Å². The first-order valence-electron chi connectivity index (χ1n) is 7.27. The van der Waals surface area contributed by atoms with E-state index < -0.39 is 0 Å². The van der Waals surface area contributed by atoms with Gasteiger partial charge in [0.25, 0.3) is 5.91 Å². The number of amides is 1. The first-order chi connectivity index (χ1) is 10.7. The van der Waals surface area contributed by atoms with Crippen molar-refractivity contribution >= 4 is 29.0 Å². The molecule has 1 unspecified atom stereocenters. The lowest BCUT2D eigenvalue weighted by atomic mass is 10.2. The second-order valence-corrected chi connectivity index (χ2v) is 6.43. The van der Waals surface area contributed by atoms with Crippen LogP contribution >= 0.6 is 11.8 Å². The molecule has 2 aromatic carbocycles. The summed E-state index contributed by atoms with van der Waals surface area (Å²) >= 11 is 1.90. The first kappa shape index (κ1) is 14.9. The van der Waals surface area contributed by atoms with Crippen LogP contribution in [0.25, 0.3) is 0 Å². The molecule has 1 saturated heterocycles. The number of carbonyl (C=O) groups excluding carboxylic acids is 1. The Morgan fingerprint density at radius 2 is 1.77 bits per heavy atom. The number of rotatable bonds is 4. The van der Waals surface area contributed by atoms with Crippen LogP contribution in [0.2, 0.25) is 0 Å². The molecule has 4 nitrogen and oxygen atoms in total. The van der Waals surface area contributed by atoms with E-state index >= 15 is 0 Å². The van der Waals surface area contributed by atoms with Crippen LogP contribution in [0.15, 0.2) is 54.6 Å². The Balaban J connectivity index is 1.61. The Hall–Kier alpha value is -1.98. The smallest absolute Gasteiger partial charge is 0.255 e. The summed E-state index contributed by atoms with van der Waals surface area (Å²) in [5.74, 6) is 1.06. The van der Waals surface area contributed by atoms with E-state index in [0.29, 0.717) is 11.1 Å². The monoisotopic (exact) mass is 313 g/mol. The van der Waals surface area contributed by atoms with Crippen LogP contribution in [-0.2, 0) is 0 Å². The highest BCUT2D eigenvalue weighted by Crippen LogP contribution is 2.24. The van der Waals surface area contributed by atoms with Gasteiger partial charge in [-0.05, 0) is 43.4 Å². The predicted octanol–water partition coefficient (Wildman–Crippen LogP) is 3.31. The molecule has 0 saturated carbocycles. The molecule has 1 atom stereocenters. The largest absolute Gasteiger partial charge is 0.361 e. The van der Waals surface area contributed by atoms with Crippen molar-refractivity contribution in [3.8, 4) is 0 Å². The molecule has 0 spiro atoms. The van der Waals surface area contributed by atoms with Gasteiger partial charge in [0.2, 0.25) is 0 Å². The van der Waals surface area contributed by atoms with Crippen LogP contribution in [0.5, 0.6) is 0 Å². The third-order valence-electron chi connectivity index (χ3n) is 3.59. The minimum atomic E-state index is -0.0904. The van der Waals surface area contributed by atoms with Crippen LogP contribution < -0.4 is 10.6 Å². The van der Waals surface area contributed by atoms with Gasteiger partial charge in [0.05, 0.1) is 0 Å². The van der Waals surface area contributed by atoms with Gasteiger partial charge >= 0.3 is 0 Å². The van der Waals surface area contributed by atoms with E-state index in [9.17, 15) is 4.79 Å². The van der Waals surface area contributed by atoms with E-state index in [2.05, 4.69) is 22.6 Å². The fourth-order valence-electron chi connectivity index (χ4n) is 2.29. The van der Waals surface area contributed by atoms with Gasteiger partial charge in [0.1, 0.15) is 5.50 Å². The number of nitrogens with zero attached hydrogens (tertiary/aromatic N) is 1. The molecule has 1 aliphatic rings. The van der Waals surface area contributed by atoms with Gasteiger partial charge in [-0.1, -0.05) is 18.2 Å². The zero-order valence-electron chi connectivity index (χ0n) is 12.5. The molecule has 3 rings (SSSR count). The fourth-order valence-corrected chi connectivity index (χ4v) is 3.49. The van der Waals surface area contributed by atoms with Crippen molar-refractivity contribution in [1.82, 2.24) is 4.90 Å². The minimum Gasteiger partial charge on any atom is -0.361 e. The van der Waals surface area contributed by atoms with Crippen molar-refractivity contribution in [3.05, 3.63) is 60.2 Å². The maximum Gasteiger partial charge on any atom is 0.255 e. The molecule has 114 valence electrons. The summed E-state index contributed by atoms with van der Waals surface area (Å²) in [6.45, 7) is 1.10. The van der Waals surface area contributed by atoms with E-state index in [1.54, 1.807) is 12.1 Å². The summed E-state index contributed by atoms with van der Waals surface area (Å²) in [7, 11) is 2.12. The van der Waals surface area contributed by atoms with Gasteiger partial charge < -0.3 is 10.6 Å². The minimum absolute atomic E-state index is 0.0904. The van der Waals surface area contributed by atoms with Crippen molar-refractivity contribution in [1.29, 1.82) is 0 Å². The SMILES string of the molecule is CN1CCSC1Nc1ccc(NC(=O)c2ccccc2)cc1. The number of benzene rings is 2. The maximum atomic E-state index is 12.1. The molecule has 1 fully saturated rings. The topological polar surface area (TPSA) is 44.4 Å². The van der Waals surface area contributed by atoms with Gasteiger partial charge in [-0.25, -0.2) is 0 Å². The summed E-state index contributed by atoms with van der Waals surface area (Å²) in [5.41, 5.74) is 2.84. The normalized spacial score (nSPS) is 18.1. The quantitative estimate of drug-likeness (QED) is 0.909. The molecular weight excluding hydrogens is 294 g/mol. The number of anilines is 2. The summed E-state index contributed by atoms with van der Waals surface area (Å²) in [4.78, 5) is 14.4. The number of hydrogen-bond acceptors (Lipinski definition) is 4. The van der Waals surface area contributed by atoms with E-state index in [1.165, 1.54) is 0 Å². The summed E-state index contributed by atoms with van der Waals surface area (Å²) in [5, 5.41) is 6.38. The van der Waals surface area contributed by atoms with E-state index in [1.807, 2.05) is 54.2 Å². The Bertz CT molecular complexity index is 630. The van der Waals surface area contributed by atoms with Crippen LogP contribution in [0, 0.1) is 0 Å². The Morgan fingerprint density at radius 3 is 2.41 bits per heavy atom. The van der Waals surface area contributed by atoms with Crippen molar-refractivity contribution in [2.45, 2.75) is 5.50 Å². The van der Waals surface area contributed by atoms with Crippen LogP contribution in [-0.4, -0.2) is 35.7 Å². The van der Waals surface area contributed by atoms with E-state index in [-0.39, 0.29) is 5.91 Å². The molecule has 0 aromatic heterocycles. The lowest BCUT2D eigenvalue weighted by Gasteiger charge is -2.21. The summed E-state index contributed by atoms with van der Waals surface area (Å²) in [6.07, 6.45) is 0. The molecule has 22 heavy (non-hydrogen) atoms. The molecule has 1 aliphatic heterocycles. The molecule has 1 amide bonds. The first-order valence-corrected chi connectivity index (χ1v) is 8.32. The van der Waals surface area contributed by atoms with Crippen LogP contribution in [0.1, 0.15) is 10.4 Å². The summed E-state index contributed by atoms with van der Waals surface area (Å²) in [6, 6.07) is 17.0. The third-order valence-corrected chi connectivity index (χ3v) is 4.80. The number of carbonyl (C=O) groups is 1. The second-order valence-electron chi connectivity index (χ2n) is 5.25. The zero-order chi connectivity index (χ0) is 15.4. The van der Waals surface area contributed by atoms with Crippen molar-refractivity contribution in [2.75, 3.05) is 30.0 Å². The second kappa shape index (κ2) is 6.85. The average Bonchev–Trinajstić information content (AvgIpc) is 2.95. The van der Waals surface area contributed by atoms with Gasteiger partial charge in [-0.2, -0.15) is 0 Å². The molecule has 2 aromatic rings. The Labute approximate surface area is 134 Å². The average molecular weight is 313 g/mol. The molecular formula is C17H19N3OS. The maximum absolute atomic E-state index is 12.1. The van der Waals surface area contributed by atoms with E-state index in [4.69, 9.17) is 0 Å². The Morgan fingerprint density at radius 1 is 1.09 bits per heavy atom. The van der Waals surface area contributed by atoms with Crippen molar-refractivity contribution in [2.24, 2.45) is 0 Å². The highest BCUT2D eigenvalue weighted by atomic mass is 32.2. The zero-order valence-corrected chi connectivity index (χ0v) is 13.3. The Kier molecular flexibility index (Phi) is 4.65. The van der Waals surface area contributed by atoms with E-state index in [0.717, 1.165) is 23.7 Å². The molecule has 1 heterocycles. The fraction of sp³-hybridized carbons (Fsp3) is 0.235. The number of nitrogens with one attached hydrogen (secondary N) is 2. The summed E-state index contributed by atoms with van der Waals surface area (Å²) < 4.78 is 0. The standard InChI is InChI=1S/C17H19N3OS/c1-20-11-12-22-17(20)19-15-9-7-14(8-10-15)18-16(21)13-5-3-2-4-6-13/h2-10,17,19H,11-12H2,1H3,(H,18,21). The van der Waals surface area contributed by atoms with Gasteiger partial charge in [-0.3, -0.25) is 9.69 Å². The predicted molar refractivity (Wildman–Crippen MR) is 93.3 cm³/mol. The molecule has 0 aliphatic carbocycles. The molecule has 0 radical (unpaired) electrons. The van der Waals surface area contributed by atoms with Gasteiger partial charge in [-0.15, -0.1) is 11.8 Å². The number of hydrogen-bond donors (Lipinski definition) is 2. The van der Waals surface area contributed by atoms with Crippen LogP contribution in [0.4, 0.5) is 11.4 Å². The number of thioether (sulfide) groups is 1. The van der Waals surface area contributed by atoms with Crippen LogP contribution in [0.3, 0.4) is 0 Å². The molecule has 0 bridgehead atoms. The lowest BCUT2D eigenvalue weighted by Crippen LogP contribution is -2.30. The molecule has 2 N–H and O–H groups in total. The van der Waals surface area contributed by atoms with Gasteiger partial charge in [0, 0.05) is 29.2 Å².